The first-order chi connectivity index (χ1) is 7.79. The van der Waals surface area contributed by atoms with Crippen molar-refractivity contribution in [2.75, 3.05) is 5.32 Å². The van der Waals surface area contributed by atoms with Crippen LogP contribution >= 0.6 is 11.3 Å². The van der Waals surface area contributed by atoms with Crippen LogP contribution in [-0.2, 0) is 10.2 Å². The quantitative estimate of drug-likeness (QED) is 0.887. The third kappa shape index (κ3) is 4.86. The van der Waals surface area contributed by atoms with Gasteiger partial charge in [-0.05, 0) is 12.3 Å². The van der Waals surface area contributed by atoms with Crippen molar-refractivity contribution in [1.29, 1.82) is 0 Å². The van der Waals surface area contributed by atoms with Gasteiger partial charge in [0.1, 0.15) is 0 Å². The van der Waals surface area contributed by atoms with Gasteiger partial charge in [0.2, 0.25) is 5.91 Å². The first kappa shape index (κ1) is 14.2. The topological polar surface area (TPSA) is 42.0 Å². The highest BCUT2D eigenvalue weighted by atomic mass is 32.1. The Morgan fingerprint density at radius 1 is 1.47 bits per heavy atom. The van der Waals surface area contributed by atoms with E-state index >= 15 is 0 Å². The van der Waals surface area contributed by atoms with E-state index in [-0.39, 0.29) is 11.3 Å². The number of nitrogens with zero attached hydrogens (tertiary/aromatic N) is 1. The Hall–Kier alpha value is -0.900. The van der Waals surface area contributed by atoms with Gasteiger partial charge in [-0.1, -0.05) is 34.6 Å². The van der Waals surface area contributed by atoms with Crippen molar-refractivity contribution in [2.24, 2.45) is 5.92 Å². The fourth-order valence-corrected chi connectivity index (χ4v) is 2.23. The average molecular weight is 254 g/mol. The normalized spacial score (nSPS) is 11.9. The Labute approximate surface area is 108 Å². The van der Waals surface area contributed by atoms with E-state index < -0.39 is 0 Å². The van der Waals surface area contributed by atoms with Gasteiger partial charge in [0.05, 0.1) is 5.69 Å². The number of anilines is 1. The van der Waals surface area contributed by atoms with Crippen molar-refractivity contribution >= 4 is 22.4 Å². The maximum Gasteiger partial charge on any atom is 0.226 e. The molecule has 0 unspecified atom stereocenters. The highest BCUT2D eigenvalue weighted by Crippen LogP contribution is 2.26. The zero-order chi connectivity index (χ0) is 13.1. The number of carbonyl (C=O) groups excluding carboxylic acids is 1. The number of thiazole rings is 1. The number of rotatable bonds is 4. The zero-order valence-electron chi connectivity index (χ0n) is 11.3. The van der Waals surface area contributed by atoms with Gasteiger partial charge in [-0.3, -0.25) is 4.79 Å². The monoisotopic (exact) mass is 254 g/mol. The predicted octanol–water partition coefficient (Wildman–Crippen LogP) is 3.82. The van der Waals surface area contributed by atoms with Crippen molar-refractivity contribution in [1.82, 2.24) is 4.98 Å². The Morgan fingerprint density at radius 2 is 2.12 bits per heavy atom. The third-order valence-electron chi connectivity index (χ3n) is 2.47. The van der Waals surface area contributed by atoms with Gasteiger partial charge in [0.25, 0.3) is 0 Å². The minimum atomic E-state index is 0.0391. The molecule has 0 bridgehead atoms. The summed E-state index contributed by atoms with van der Waals surface area (Å²) in [6.45, 7) is 10.6. The number of hydrogen-bond donors (Lipinski definition) is 1. The molecular weight excluding hydrogens is 232 g/mol. The van der Waals surface area contributed by atoms with Gasteiger partial charge in [0.15, 0.2) is 5.13 Å². The highest BCUT2D eigenvalue weighted by molar-refractivity contribution is 7.13. The standard InChI is InChI=1S/C13H22N2OS/c1-9(2)6-7-11(16)15-12-14-10(8-17-12)13(3,4)5/h8-9H,6-7H2,1-5H3,(H,14,15,16). The molecule has 0 aliphatic heterocycles. The van der Waals surface area contributed by atoms with Gasteiger partial charge in [-0.25, -0.2) is 4.98 Å². The summed E-state index contributed by atoms with van der Waals surface area (Å²) in [4.78, 5) is 16.1. The lowest BCUT2D eigenvalue weighted by Gasteiger charge is -2.14. The first-order valence-electron chi connectivity index (χ1n) is 6.05. The van der Waals surface area contributed by atoms with Crippen molar-refractivity contribution in [2.45, 2.75) is 52.9 Å². The Balaban J connectivity index is 2.52. The smallest absolute Gasteiger partial charge is 0.226 e. The SMILES string of the molecule is CC(C)CCC(=O)Nc1nc(C(C)(C)C)cs1. The highest BCUT2D eigenvalue weighted by Gasteiger charge is 2.18. The van der Waals surface area contributed by atoms with Crippen LogP contribution < -0.4 is 5.32 Å². The van der Waals surface area contributed by atoms with E-state index in [2.05, 4.69) is 44.9 Å². The van der Waals surface area contributed by atoms with Gasteiger partial charge in [0, 0.05) is 17.2 Å². The number of amides is 1. The van der Waals surface area contributed by atoms with E-state index in [1.54, 1.807) is 0 Å². The molecule has 4 heteroatoms. The largest absolute Gasteiger partial charge is 0.302 e. The predicted molar refractivity (Wildman–Crippen MR) is 73.5 cm³/mol. The van der Waals surface area contributed by atoms with Crippen LogP contribution in [0.1, 0.15) is 53.2 Å². The van der Waals surface area contributed by atoms with Crippen molar-refractivity contribution in [3.05, 3.63) is 11.1 Å². The summed E-state index contributed by atoms with van der Waals surface area (Å²) in [6.07, 6.45) is 1.49. The van der Waals surface area contributed by atoms with Crippen LogP contribution in [0.15, 0.2) is 5.38 Å². The summed E-state index contributed by atoms with van der Waals surface area (Å²) in [7, 11) is 0. The summed E-state index contributed by atoms with van der Waals surface area (Å²) in [6, 6.07) is 0. The van der Waals surface area contributed by atoms with E-state index in [0.717, 1.165) is 12.1 Å². The Kier molecular flexibility index (Phi) is 4.69. The molecule has 96 valence electrons. The molecule has 0 saturated carbocycles. The maximum atomic E-state index is 11.6. The summed E-state index contributed by atoms with van der Waals surface area (Å²) < 4.78 is 0. The minimum Gasteiger partial charge on any atom is -0.302 e. The van der Waals surface area contributed by atoms with E-state index in [0.29, 0.717) is 17.5 Å². The molecule has 1 aromatic heterocycles. The summed E-state index contributed by atoms with van der Waals surface area (Å²) in [5.74, 6) is 0.621. The minimum absolute atomic E-state index is 0.0391. The molecule has 17 heavy (non-hydrogen) atoms. The Morgan fingerprint density at radius 3 is 2.59 bits per heavy atom. The van der Waals surface area contributed by atoms with Crippen molar-refractivity contribution in [3.8, 4) is 0 Å². The van der Waals surface area contributed by atoms with Crippen LogP contribution in [0.5, 0.6) is 0 Å². The second kappa shape index (κ2) is 5.63. The van der Waals surface area contributed by atoms with Crippen LogP contribution in [0.25, 0.3) is 0 Å². The van der Waals surface area contributed by atoms with E-state index in [1.807, 2.05) is 5.38 Å². The molecule has 0 aromatic carbocycles. The van der Waals surface area contributed by atoms with E-state index in [9.17, 15) is 4.79 Å². The van der Waals surface area contributed by atoms with Crippen molar-refractivity contribution in [3.63, 3.8) is 0 Å². The summed E-state index contributed by atoms with van der Waals surface area (Å²) >= 11 is 1.50. The summed E-state index contributed by atoms with van der Waals surface area (Å²) in [5.41, 5.74) is 1.07. The van der Waals surface area contributed by atoms with Crippen LogP contribution in [0.2, 0.25) is 0 Å². The molecule has 1 aromatic rings. The molecule has 0 radical (unpaired) electrons. The molecular formula is C13H22N2OS. The van der Waals surface area contributed by atoms with Crippen molar-refractivity contribution < 1.29 is 4.79 Å². The zero-order valence-corrected chi connectivity index (χ0v) is 12.1. The second-order valence-electron chi connectivity index (χ2n) is 5.77. The lowest BCUT2D eigenvalue weighted by atomic mass is 9.93. The van der Waals surface area contributed by atoms with Gasteiger partial charge in [-0.2, -0.15) is 0 Å². The fraction of sp³-hybridized carbons (Fsp3) is 0.692. The molecule has 1 N–H and O–H groups in total. The fourth-order valence-electron chi connectivity index (χ4n) is 1.28. The van der Waals surface area contributed by atoms with Crippen LogP contribution in [0.3, 0.4) is 0 Å². The van der Waals surface area contributed by atoms with Crippen LogP contribution in [-0.4, -0.2) is 10.9 Å². The molecule has 0 spiro atoms. The molecule has 0 fully saturated rings. The molecule has 0 aliphatic carbocycles. The maximum absolute atomic E-state index is 11.6. The second-order valence-corrected chi connectivity index (χ2v) is 6.63. The molecule has 0 aliphatic rings. The van der Waals surface area contributed by atoms with Gasteiger partial charge < -0.3 is 5.32 Å². The number of nitrogens with one attached hydrogen (secondary N) is 1. The number of carbonyl (C=O) groups is 1. The summed E-state index contributed by atoms with van der Waals surface area (Å²) in [5, 5.41) is 5.58. The molecule has 1 heterocycles. The molecule has 0 saturated heterocycles. The van der Waals surface area contributed by atoms with E-state index in [1.165, 1.54) is 11.3 Å². The van der Waals surface area contributed by atoms with Gasteiger partial charge in [-0.15, -0.1) is 11.3 Å². The lowest BCUT2D eigenvalue weighted by Crippen LogP contribution is -2.14. The average Bonchev–Trinajstić information content (AvgIpc) is 2.62. The molecule has 0 atom stereocenters. The number of aromatic nitrogens is 1. The molecule has 1 rings (SSSR count). The third-order valence-corrected chi connectivity index (χ3v) is 3.23. The Bertz CT molecular complexity index is 377. The van der Waals surface area contributed by atoms with E-state index in [4.69, 9.17) is 0 Å². The van der Waals surface area contributed by atoms with Crippen LogP contribution in [0, 0.1) is 5.92 Å². The van der Waals surface area contributed by atoms with Gasteiger partial charge >= 0.3 is 0 Å². The lowest BCUT2D eigenvalue weighted by molar-refractivity contribution is -0.116. The first-order valence-corrected chi connectivity index (χ1v) is 6.93. The molecule has 1 amide bonds. The van der Waals surface area contributed by atoms with Crippen LogP contribution in [0.4, 0.5) is 5.13 Å². The number of hydrogen-bond acceptors (Lipinski definition) is 3. The molecule has 3 nitrogen and oxygen atoms in total.